The highest BCUT2D eigenvalue weighted by atomic mass is 79.9. The van der Waals surface area contributed by atoms with Crippen LogP contribution >= 0.6 is 15.9 Å². The number of fused-ring (bicyclic) bond motifs is 1. The normalized spacial score (nSPS) is 16.8. The monoisotopic (exact) mass is 351 g/mol. The van der Waals surface area contributed by atoms with Crippen molar-refractivity contribution in [3.8, 4) is 0 Å². The molecule has 1 amide bonds. The van der Waals surface area contributed by atoms with Crippen LogP contribution in [0.1, 0.15) is 56.0 Å². The second-order valence-electron chi connectivity index (χ2n) is 6.26. The largest absolute Gasteiger partial charge is 0.311 e. The summed E-state index contributed by atoms with van der Waals surface area (Å²) < 4.78 is 0. The van der Waals surface area contributed by atoms with E-state index in [0.29, 0.717) is 18.5 Å². The fourth-order valence-corrected chi connectivity index (χ4v) is 3.36. The summed E-state index contributed by atoms with van der Waals surface area (Å²) in [5, 5.41) is 0.932. The van der Waals surface area contributed by atoms with E-state index in [1.165, 1.54) is 0 Å². The number of benzene rings is 1. The quantitative estimate of drug-likeness (QED) is 0.455. The van der Waals surface area contributed by atoms with Crippen molar-refractivity contribution in [2.24, 2.45) is 0 Å². The molecule has 21 heavy (non-hydrogen) atoms. The highest BCUT2D eigenvalue weighted by molar-refractivity contribution is 9.09. The summed E-state index contributed by atoms with van der Waals surface area (Å²) in [6.07, 6.45) is 2.45. The number of anilines is 1. The lowest BCUT2D eigenvalue weighted by molar-refractivity contribution is -0.120. The Morgan fingerprint density at radius 2 is 2.05 bits per heavy atom. The summed E-state index contributed by atoms with van der Waals surface area (Å²) in [6, 6.07) is 5.79. The SMILES string of the molecule is CC(=O)c1cccc2c1N(CCCCBr)C(=O)CC2(C)C. The number of amides is 1. The number of ketones is 1. The maximum Gasteiger partial charge on any atom is 0.227 e. The zero-order chi connectivity index (χ0) is 15.6. The molecule has 1 aromatic rings. The highest BCUT2D eigenvalue weighted by Crippen LogP contribution is 2.42. The van der Waals surface area contributed by atoms with Gasteiger partial charge in [-0.05, 0) is 31.4 Å². The predicted octanol–water partition coefficient (Wildman–Crippen LogP) is 4.08. The Kier molecular flexibility index (Phi) is 4.87. The molecule has 0 atom stereocenters. The molecule has 0 aliphatic carbocycles. The Morgan fingerprint density at radius 3 is 2.67 bits per heavy atom. The molecule has 2 rings (SSSR count). The van der Waals surface area contributed by atoms with Gasteiger partial charge in [0.1, 0.15) is 0 Å². The molecule has 0 spiro atoms. The van der Waals surface area contributed by atoms with Gasteiger partial charge in [0.05, 0.1) is 5.69 Å². The van der Waals surface area contributed by atoms with Crippen LogP contribution in [-0.2, 0) is 10.2 Å². The second-order valence-corrected chi connectivity index (χ2v) is 7.05. The lowest BCUT2D eigenvalue weighted by Gasteiger charge is -2.39. The maximum atomic E-state index is 12.5. The van der Waals surface area contributed by atoms with Crippen LogP contribution in [0.4, 0.5) is 5.69 Å². The van der Waals surface area contributed by atoms with Crippen LogP contribution in [0.15, 0.2) is 18.2 Å². The summed E-state index contributed by atoms with van der Waals surface area (Å²) in [5.41, 5.74) is 2.38. The van der Waals surface area contributed by atoms with Crippen LogP contribution in [0.25, 0.3) is 0 Å². The molecular formula is C17H22BrNO2. The molecule has 4 heteroatoms. The smallest absolute Gasteiger partial charge is 0.227 e. The minimum absolute atomic E-state index is 0.0165. The van der Waals surface area contributed by atoms with Crippen LogP contribution in [-0.4, -0.2) is 23.6 Å². The number of hydrogen-bond donors (Lipinski definition) is 0. The van der Waals surface area contributed by atoms with E-state index in [1.54, 1.807) is 6.92 Å². The number of para-hydroxylation sites is 1. The van der Waals surface area contributed by atoms with Crippen LogP contribution in [0.2, 0.25) is 0 Å². The summed E-state index contributed by atoms with van der Waals surface area (Å²) in [6.45, 7) is 6.39. The Morgan fingerprint density at radius 1 is 1.33 bits per heavy atom. The molecule has 0 saturated heterocycles. The topological polar surface area (TPSA) is 37.4 Å². The van der Waals surface area contributed by atoms with Crippen molar-refractivity contribution >= 4 is 33.3 Å². The Labute approximate surface area is 134 Å². The van der Waals surface area contributed by atoms with Gasteiger partial charge in [0.25, 0.3) is 0 Å². The van der Waals surface area contributed by atoms with Crippen molar-refractivity contribution in [1.82, 2.24) is 0 Å². The maximum absolute atomic E-state index is 12.5. The molecule has 1 aromatic carbocycles. The van der Waals surface area contributed by atoms with E-state index in [4.69, 9.17) is 0 Å². The lowest BCUT2D eigenvalue weighted by atomic mass is 9.76. The summed E-state index contributed by atoms with van der Waals surface area (Å²) in [4.78, 5) is 26.3. The second kappa shape index (κ2) is 6.30. The number of Topliss-reactive ketones (excluding diaryl/α,β-unsaturated/α-hetero) is 1. The van der Waals surface area contributed by atoms with Gasteiger partial charge in [0.15, 0.2) is 5.78 Å². The molecule has 0 saturated carbocycles. The highest BCUT2D eigenvalue weighted by Gasteiger charge is 2.38. The molecular weight excluding hydrogens is 330 g/mol. The zero-order valence-electron chi connectivity index (χ0n) is 12.9. The van der Waals surface area contributed by atoms with E-state index in [2.05, 4.69) is 29.8 Å². The average Bonchev–Trinajstić information content (AvgIpc) is 2.41. The lowest BCUT2D eigenvalue weighted by Crippen LogP contribution is -2.43. The van der Waals surface area contributed by atoms with E-state index in [-0.39, 0.29) is 17.1 Å². The predicted molar refractivity (Wildman–Crippen MR) is 89.5 cm³/mol. The molecule has 0 bridgehead atoms. The molecule has 0 aromatic heterocycles. The number of hydrogen-bond acceptors (Lipinski definition) is 2. The average molecular weight is 352 g/mol. The number of carbonyl (C=O) groups is 2. The number of unbranched alkanes of at least 4 members (excludes halogenated alkanes) is 1. The van der Waals surface area contributed by atoms with Gasteiger partial charge in [0, 0.05) is 29.3 Å². The molecule has 0 fully saturated rings. The molecule has 0 radical (unpaired) electrons. The van der Waals surface area contributed by atoms with Crippen molar-refractivity contribution in [2.75, 3.05) is 16.8 Å². The molecule has 1 aliphatic heterocycles. The summed E-state index contributed by atoms with van der Waals surface area (Å²) in [5.74, 6) is 0.138. The number of nitrogens with zero attached hydrogens (tertiary/aromatic N) is 1. The van der Waals surface area contributed by atoms with Crippen LogP contribution in [0.5, 0.6) is 0 Å². The molecule has 0 N–H and O–H groups in total. The first-order chi connectivity index (χ1) is 9.88. The van der Waals surface area contributed by atoms with E-state index in [0.717, 1.165) is 29.4 Å². The third-order valence-electron chi connectivity index (χ3n) is 4.07. The van der Waals surface area contributed by atoms with Crippen molar-refractivity contribution in [3.05, 3.63) is 29.3 Å². The molecule has 1 aliphatic rings. The van der Waals surface area contributed by atoms with Gasteiger partial charge in [-0.15, -0.1) is 0 Å². The number of carbonyl (C=O) groups excluding carboxylic acids is 2. The number of rotatable bonds is 5. The van der Waals surface area contributed by atoms with Gasteiger partial charge in [-0.2, -0.15) is 0 Å². The van der Waals surface area contributed by atoms with Gasteiger partial charge in [0.2, 0.25) is 5.91 Å². The first kappa shape index (κ1) is 16.2. The van der Waals surface area contributed by atoms with Crippen LogP contribution < -0.4 is 4.90 Å². The Hall–Kier alpha value is -1.16. The zero-order valence-corrected chi connectivity index (χ0v) is 14.5. The number of alkyl halides is 1. The van der Waals surface area contributed by atoms with E-state index in [1.807, 2.05) is 23.1 Å². The summed E-state index contributed by atoms with van der Waals surface area (Å²) >= 11 is 3.42. The van der Waals surface area contributed by atoms with E-state index >= 15 is 0 Å². The third kappa shape index (κ3) is 3.20. The first-order valence-electron chi connectivity index (χ1n) is 7.39. The summed E-state index contributed by atoms with van der Waals surface area (Å²) in [7, 11) is 0. The first-order valence-corrected chi connectivity index (χ1v) is 8.51. The molecule has 3 nitrogen and oxygen atoms in total. The van der Waals surface area contributed by atoms with Crippen molar-refractivity contribution < 1.29 is 9.59 Å². The Bertz CT molecular complexity index is 566. The molecule has 0 unspecified atom stereocenters. The van der Waals surface area contributed by atoms with E-state index < -0.39 is 0 Å². The molecule has 114 valence electrons. The van der Waals surface area contributed by atoms with E-state index in [9.17, 15) is 9.59 Å². The Balaban J connectivity index is 2.51. The standard InChI is InChI=1S/C17H22BrNO2/c1-12(20)13-7-6-8-14-16(13)19(10-5-4-9-18)15(21)11-17(14,2)3/h6-8H,4-5,9-11H2,1-3H3. The minimum Gasteiger partial charge on any atom is -0.311 e. The van der Waals surface area contributed by atoms with Crippen molar-refractivity contribution in [3.63, 3.8) is 0 Å². The van der Waals surface area contributed by atoms with Crippen LogP contribution in [0.3, 0.4) is 0 Å². The van der Waals surface area contributed by atoms with Crippen molar-refractivity contribution in [1.29, 1.82) is 0 Å². The fraction of sp³-hybridized carbons (Fsp3) is 0.529. The number of halogens is 1. The van der Waals surface area contributed by atoms with Gasteiger partial charge >= 0.3 is 0 Å². The minimum atomic E-state index is -0.218. The molecule has 1 heterocycles. The van der Waals surface area contributed by atoms with Crippen molar-refractivity contribution in [2.45, 2.75) is 45.4 Å². The van der Waals surface area contributed by atoms with Gasteiger partial charge in [-0.25, -0.2) is 0 Å². The third-order valence-corrected chi connectivity index (χ3v) is 4.63. The van der Waals surface area contributed by atoms with Crippen LogP contribution in [0, 0.1) is 0 Å². The van der Waals surface area contributed by atoms with Gasteiger partial charge in [-0.1, -0.05) is 41.9 Å². The fourth-order valence-electron chi connectivity index (χ4n) is 2.96. The van der Waals surface area contributed by atoms with Gasteiger partial charge < -0.3 is 4.90 Å². The van der Waals surface area contributed by atoms with Gasteiger partial charge in [-0.3, -0.25) is 9.59 Å².